The van der Waals surface area contributed by atoms with Crippen molar-refractivity contribution in [2.45, 2.75) is 45.3 Å². The quantitative estimate of drug-likeness (QED) is 0.687. The summed E-state index contributed by atoms with van der Waals surface area (Å²) in [4.78, 5) is 54.6. The van der Waals surface area contributed by atoms with E-state index in [9.17, 15) is 19.2 Å². The normalized spacial score (nSPS) is 21.7. The molecule has 9 nitrogen and oxygen atoms in total. The van der Waals surface area contributed by atoms with Crippen molar-refractivity contribution in [2.75, 3.05) is 37.6 Å². The Kier molecular flexibility index (Phi) is 5.90. The van der Waals surface area contributed by atoms with E-state index in [1.807, 2.05) is 32.9 Å². The molecule has 4 amide bonds. The Morgan fingerprint density at radius 1 is 1.09 bits per heavy atom. The van der Waals surface area contributed by atoms with Crippen molar-refractivity contribution in [1.82, 2.24) is 15.1 Å². The van der Waals surface area contributed by atoms with Crippen LogP contribution < -0.4 is 10.2 Å². The van der Waals surface area contributed by atoms with Crippen molar-refractivity contribution in [1.29, 1.82) is 0 Å². The van der Waals surface area contributed by atoms with Crippen molar-refractivity contribution in [3.63, 3.8) is 0 Å². The van der Waals surface area contributed by atoms with Crippen molar-refractivity contribution in [3.05, 3.63) is 35.9 Å². The lowest BCUT2D eigenvalue weighted by Crippen LogP contribution is -2.55. The van der Waals surface area contributed by atoms with E-state index in [4.69, 9.17) is 4.74 Å². The van der Waals surface area contributed by atoms with Crippen LogP contribution in [0.3, 0.4) is 0 Å². The highest BCUT2D eigenvalue weighted by molar-refractivity contribution is 6.07. The van der Waals surface area contributed by atoms with Gasteiger partial charge in [-0.05, 0) is 56.5 Å². The van der Waals surface area contributed by atoms with E-state index >= 15 is 0 Å². The molecule has 2 saturated heterocycles. The first-order valence-corrected chi connectivity index (χ1v) is 11.2. The summed E-state index contributed by atoms with van der Waals surface area (Å²) in [7, 11) is 0. The maximum Gasteiger partial charge on any atom is 0.410 e. The molecule has 2 fully saturated rings. The zero-order valence-corrected chi connectivity index (χ0v) is 19.3. The summed E-state index contributed by atoms with van der Waals surface area (Å²) in [5, 5.41) is 2.32. The average molecular weight is 455 g/mol. The zero-order valence-electron chi connectivity index (χ0n) is 19.3. The number of piperazine rings is 1. The van der Waals surface area contributed by atoms with Gasteiger partial charge in [-0.15, -0.1) is 0 Å². The predicted molar refractivity (Wildman–Crippen MR) is 123 cm³/mol. The predicted octanol–water partition coefficient (Wildman–Crippen LogP) is 2.02. The van der Waals surface area contributed by atoms with Crippen molar-refractivity contribution < 1.29 is 23.9 Å². The molecule has 1 N–H and O–H groups in total. The van der Waals surface area contributed by atoms with Gasteiger partial charge in [-0.3, -0.25) is 19.7 Å². The molecule has 9 heteroatoms. The van der Waals surface area contributed by atoms with Gasteiger partial charge in [0.15, 0.2) is 0 Å². The number of carbonyl (C=O) groups is 4. The summed E-state index contributed by atoms with van der Waals surface area (Å²) in [5.74, 6) is -0.972. The third-order valence-electron chi connectivity index (χ3n) is 6.12. The largest absolute Gasteiger partial charge is 0.444 e. The topological polar surface area (TPSA) is 99.3 Å². The number of piperidine rings is 1. The number of ether oxygens (including phenoxy) is 1. The van der Waals surface area contributed by atoms with E-state index in [0.29, 0.717) is 38.2 Å². The van der Waals surface area contributed by atoms with Gasteiger partial charge in [0.25, 0.3) is 5.91 Å². The van der Waals surface area contributed by atoms with Gasteiger partial charge in [-0.1, -0.05) is 6.58 Å². The number of amides is 4. The zero-order chi connectivity index (χ0) is 23.9. The smallest absolute Gasteiger partial charge is 0.410 e. The van der Waals surface area contributed by atoms with Crippen LogP contribution in [0.15, 0.2) is 24.8 Å². The van der Waals surface area contributed by atoms with Crippen LogP contribution in [-0.4, -0.2) is 78.0 Å². The molecule has 0 saturated carbocycles. The molecule has 1 aromatic rings. The number of fused-ring (bicyclic) bond motifs is 1. The van der Waals surface area contributed by atoms with Crippen LogP contribution in [0.4, 0.5) is 10.5 Å². The van der Waals surface area contributed by atoms with E-state index in [1.54, 1.807) is 11.0 Å². The van der Waals surface area contributed by atoms with Gasteiger partial charge in [-0.25, -0.2) is 4.79 Å². The molecule has 176 valence electrons. The van der Waals surface area contributed by atoms with E-state index in [0.717, 1.165) is 16.8 Å². The van der Waals surface area contributed by atoms with Crippen molar-refractivity contribution in [3.8, 4) is 0 Å². The molecule has 1 aromatic carbocycles. The van der Waals surface area contributed by atoms with Gasteiger partial charge in [-0.2, -0.15) is 0 Å². The van der Waals surface area contributed by atoms with Gasteiger partial charge in [0, 0.05) is 50.4 Å². The van der Waals surface area contributed by atoms with Crippen LogP contribution in [0.2, 0.25) is 0 Å². The lowest BCUT2D eigenvalue weighted by atomic mass is 9.91. The molecule has 0 aliphatic carbocycles. The first-order valence-electron chi connectivity index (χ1n) is 11.2. The van der Waals surface area contributed by atoms with Crippen molar-refractivity contribution in [2.24, 2.45) is 0 Å². The van der Waals surface area contributed by atoms with E-state index in [-0.39, 0.29) is 30.9 Å². The van der Waals surface area contributed by atoms with Crippen LogP contribution in [-0.2, 0) is 14.3 Å². The number of nitrogens with zero attached hydrogens (tertiary/aromatic N) is 3. The highest BCUT2D eigenvalue weighted by Gasteiger charge is 2.38. The maximum atomic E-state index is 13.2. The molecule has 3 aliphatic rings. The van der Waals surface area contributed by atoms with Gasteiger partial charge in [0.05, 0.1) is 0 Å². The summed E-state index contributed by atoms with van der Waals surface area (Å²) in [6.07, 6.45) is 0.229. The Balaban J connectivity index is 1.45. The first kappa shape index (κ1) is 22.8. The molecule has 0 radical (unpaired) electrons. The third-order valence-corrected chi connectivity index (χ3v) is 6.12. The molecule has 0 aromatic heterocycles. The molecule has 0 spiro atoms. The SMILES string of the molecule is C=C1CN(C2CCC(=O)NC2=O)C(=O)c2ccc(N3CCN(C(=O)OC(C)(C)C)CC3)cc21. The van der Waals surface area contributed by atoms with Crippen molar-refractivity contribution >= 4 is 35.1 Å². The maximum absolute atomic E-state index is 13.2. The molecule has 3 heterocycles. The number of imide groups is 1. The Hall–Kier alpha value is -3.36. The highest BCUT2D eigenvalue weighted by Crippen LogP contribution is 2.32. The number of rotatable bonds is 2. The first-order chi connectivity index (χ1) is 15.5. The number of nitrogens with one attached hydrogen (secondary N) is 1. The highest BCUT2D eigenvalue weighted by atomic mass is 16.6. The Bertz CT molecular complexity index is 1020. The Morgan fingerprint density at radius 2 is 1.79 bits per heavy atom. The third kappa shape index (κ3) is 4.72. The number of carbonyl (C=O) groups excluding carboxylic acids is 4. The Labute approximate surface area is 193 Å². The summed E-state index contributed by atoms with van der Waals surface area (Å²) < 4.78 is 5.46. The van der Waals surface area contributed by atoms with Crippen LogP contribution in [0, 0.1) is 0 Å². The fraction of sp³-hybridized carbons (Fsp3) is 0.500. The van der Waals surface area contributed by atoms with Gasteiger partial charge < -0.3 is 19.4 Å². The molecule has 1 unspecified atom stereocenters. The second-order valence-corrected chi connectivity index (χ2v) is 9.69. The summed E-state index contributed by atoms with van der Waals surface area (Å²) >= 11 is 0. The van der Waals surface area contributed by atoms with Crippen LogP contribution >= 0.6 is 0 Å². The molecular weight excluding hydrogens is 424 g/mol. The van der Waals surface area contributed by atoms with E-state index < -0.39 is 17.6 Å². The van der Waals surface area contributed by atoms with Crippen LogP contribution in [0.25, 0.3) is 5.57 Å². The van der Waals surface area contributed by atoms with E-state index in [1.165, 1.54) is 4.90 Å². The lowest BCUT2D eigenvalue weighted by molar-refractivity contribution is -0.136. The van der Waals surface area contributed by atoms with Gasteiger partial charge in [0.2, 0.25) is 11.8 Å². The van der Waals surface area contributed by atoms with Gasteiger partial charge >= 0.3 is 6.09 Å². The monoisotopic (exact) mass is 454 g/mol. The lowest BCUT2D eigenvalue weighted by Gasteiger charge is -2.39. The number of benzene rings is 1. The minimum absolute atomic E-state index is 0.216. The average Bonchev–Trinajstić information content (AvgIpc) is 2.75. The molecule has 1 atom stereocenters. The van der Waals surface area contributed by atoms with Gasteiger partial charge in [0.1, 0.15) is 11.6 Å². The van der Waals surface area contributed by atoms with E-state index in [2.05, 4.69) is 16.8 Å². The van der Waals surface area contributed by atoms with Crippen LogP contribution in [0.5, 0.6) is 0 Å². The second kappa shape index (κ2) is 8.53. The minimum Gasteiger partial charge on any atom is -0.444 e. The summed E-state index contributed by atoms with van der Waals surface area (Å²) in [5.41, 5.74) is 2.47. The molecule has 0 bridgehead atoms. The molecular formula is C24H30N4O5. The molecule has 4 rings (SSSR count). The summed E-state index contributed by atoms with van der Waals surface area (Å²) in [6, 6.07) is 4.96. The number of hydrogen-bond acceptors (Lipinski definition) is 6. The van der Waals surface area contributed by atoms with Crippen LogP contribution in [0.1, 0.15) is 49.5 Å². The molecule has 33 heavy (non-hydrogen) atoms. The number of anilines is 1. The standard InChI is InChI=1S/C24H30N4O5/c1-15-14-28(19-7-8-20(29)25-21(19)30)22(31)17-6-5-16(13-18(15)17)26-9-11-27(12-10-26)23(32)33-24(2,3)4/h5-6,13,19H,1,7-12,14H2,2-4H3,(H,25,29,30). The number of hydrogen-bond donors (Lipinski definition) is 1. The fourth-order valence-electron chi connectivity index (χ4n) is 4.43. The molecule has 3 aliphatic heterocycles. The summed E-state index contributed by atoms with van der Waals surface area (Å²) in [6.45, 7) is 12.4. The second-order valence-electron chi connectivity index (χ2n) is 9.69. The Morgan fingerprint density at radius 3 is 2.42 bits per heavy atom. The minimum atomic E-state index is -0.666. The fourth-order valence-corrected chi connectivity index (χ4v) is 4.43.